The fourth-order valence-electron chi connectivity index (χ4n) is 2.57. The van der Waals surface area contributed by atoms with E-state index >= 15 is 0 Å². The molecule has 0 aliphatic heterocycles. The van der Waals surface area contributed by atoms with Gasteiger partial charge < -0.3 is 5.11 Å². The van der Waals surface area contributed by atoms with Gasteiger partial charge in [0.05, 0.1) is 0 Å². The van der Waals surface area contributed by atoms with Gasteiger partial charge in [-0.25, -0.2) is 0 Å². The molecule has 17 heavy (non-hydrogen) atoms. The van der Waals surface area contributed by atoms with Crippen molar-refractivity contribution in [2.24, 2.45) is 5.41 Å². The SMILES string of the molecule is CCCC(CCC)(C(=O)O)N(C)CC(C)(C)C. The third-order valence-corrected chi connectivity index (χ3v) is 3.17. The number of rotatable bonds is 7. The van der Waals surface area contributed by atoms with Crippen LogP contribution in [-0.4, -0.2) is 35.1 Å². The summed E-state index contributed by atoms with van der Waals surface area (Å²) >= 11 is 0. The third kappa shape index (κ3) is 4.66. The molecule has 0 fully saturated rings. The van der Waals surface area contributed by atoms with E-state index < -0.39 is 11.5 Å². The fraction of sp³-hybridized carbons (Fsp3) is 0.929. The largest absolute Gasteiger partial charge is 0.480 e. The molecule has 0 rings (SSSR count). The number of hydrogen-bond acceptors (Lipinski definition) is 2. The van der Waals surface area contributed by atoms with Crippen molar-refractivity contribution in [3.05, 3.63) is 0 Å². The summed E-state index contributed by atoms with van der Waals surface area (Å²) in [5, 5.41) is 9.61. The van der Waals surface area contributed by atoms with Gasteiger partial charge in [0.25, 0.3) is 0 Å². The zero-order chi connectivity index (χ0) is 13.7. The van der Waals surface area contributed by atoms with Crippen molar-refractivity contribution in [3.63, 3.8) is 0 Å². The van der Waals surface area contributed by atoms with Gasteiger partial charge in [-0.2, -0.15) is 0 Å². The molecule has 0 aromatic heterocycles. The van der Waals surface area contributed by atoms with Crippen LogP contribution in [0.15, 0.2) is 0 Å². The maximum Gasteiger partial charge on any atom is 0.324 e. The van der Waals surface area contributed by atoms with E-state index in [9.17, 15) is 9.90 Å². The molecule has 3 nitrogen and oxygen atoms in total. The lowest BCUT2D eigenvalue weighted by Crippen LogP contribution is -2.55. The zero-order valence-electron chi connectivity index (χ0n) is 12.3. The molecule has 0 radical (unpaired) electrons. The highest BCUT2D eigenvalue weighted by Gasteiger charge is 2.41. The Kier molecular flexibility index (Phi) is 6.17. The van der Waals surface area contributed by atoms with Crippen molar-refractivity contribution in [2.45, 2.75) is 65.8 Å². The summed E-state index contributed by atoms with van der Waals surface area (Å²) in [4.78, 5) is 13.7. The molecule has 3 heteroatoms. The Hall–Kier alpha value is -0.570. The van der Waals surface area contributed by atoms with Crippen molar-refractivity contribution in [3.8, 4) is 0 Å². The Morgan fingerprint density at radius 2 is 1.53 bits per heavy atom. The van der Waals surface area contributed by atoms with Crippen LogP contribution in [0.2, 0.25) is 0 Å². The Balaban J connectivity index is 5.05. The maximum atomic E-state index is 11.7. The summed E-state index contributed by atoms with van der Waals surface area (Å²) in [6.45, 7) is 11.4. The zero-order valence-corrected chi connectivity index (χ0v) is 12.3. The summed E-state index contributed by atoms with van der Waals surface area (Å²) in [7, 11) is 1.95. The Labute approximate surface area is 106 Å². The van der Waals surface area contributed by atoms with E-state index in [0.717, 1.165) is 32.2 Å². The molecule has 0 unspecified atom stereocenters. The predicted octanol–water partition coefficient (Wildman–Crippen LogP) is 3.39. The van der Waals surface area contributed by atoms with Gasteiger partial charge in [0.1, 0.15) is 5.54 Å². The molecule has 0 aromatic carbocycles. The molecule has 0 atom stereocenters. The van der Waals surface area contributed by atoms with Gasteiger partial charge in [-0.05, 0) is 25.3 Å². The smallest absolute Gasteiger partial charge is 0.324 e. The van der Waals surface area contributed by atoms with Crippen LogP contribution >= 0.6 is 0 Å². The average Bonchev–Trinajstić information content (AvgIpc) is 2.13. The first kappa shape index (κ1) is 16.4. The molecule has 0 aliphatic rings. The summed E-state index contributed by atoms with van der Waals surface area (Å²) in [5.41, 5.74) is -0.562. The van der Waals surface area contributed by atoms with Crippen LogP contribution in [0, 0.1) is 5.41 Å². The molecular formula is C14H29NO2. The Bertz CT molecular complexity index is 237. The number of carboxylic acids is 1. The third-order valence-electron chi connectivity index (χ3n) is 3.17. The summed E-state index contributed by atoms with van der Waals surface area (Å²) in [5.74, 6) is -0.673. The highest BCUT2D eigenvalue weighted by molar-refractivity contribution is 5.78. The van der Waals surface area contributed by atoms with E-state index in [1.807, 2.05) is 11.9 Å². The van der Waals surface area contributed by atoms with E-state index in [4.69, 9.17) is 0 Å². The highest BCUT2D eigenvalue weighted by Crippen LogP contribution is 2.29. The molecule has 0 heterocycles. The van der Waals surface area contributed by atoms with Crippen molar-refractivity contribution in [1.29, 1.82) is 0 Å². The monoisotopic (exact) mass is 243 g/mol. The first-order chi connectivity index (χ1) is 7.69. The molecular weight excluding hydrogens is 214 g/mol. The number of aliphatic carboxylic acids is 1. The Morgan fingerprint density at radius 1 is 1.12 bits per heavy atom. The van der Waals surface area contributed by atoms with Crippen LogP contribution in [-0.2, 0) is 4.79 Å². The van der Waals surface area contributed by atoms with E-state index in [0.29, 0.717) is 0 Å². The first-order valence-corrected chi connectivity index (χ1v) is 6.64. The van der Waals surface area contributed by atoms with Crippen molar-refractivity contribution < 1.29 is 9.90 Å². The number of nitrogens with zero attached hydrogens (tertiary/aromatic N) is 1. The van der Waals surface area contributed by atoms with Crippen LogP contribution in [0.4, 0.5) is 0 Å². The maximum absolute atomic E-state index is 11.7. The predicted molar refractivity (Wildman–Crippen MR) is 72.3 cm³/mol. The van der Waals surface area contributed by atoms with Crippen LogP contribution in [0.25, 0.3) is 0 Å². The highest BCUT2D eigenvalue weighted by atomic mass is 16.4. The van der Waals surface area contributed by atoms with E-state index in [2.05, 4.69) is 34.6 Å². The van der Waals surface area contributed by atoms with Gasteiger partial charge in [-0.1, -0.05) is 47.5 Å². The standard InChI is InChI=1S/C14H29NO2/c1-7-9-14(10-8-2,12(16)17)15(6)11-13(3,4)5/h7-11H2,1-6H3,(H,16,17). The van der Waals surface area contributed by atoms with Gasteiger partial charge in [-0.15, -0.1) is 0 Å². The van der Waals surface area contributed by atoms with Crippen LogP contribution < -0.4 is 0 Å². The van der Waals surface area contributed by atoms with Crippen LogP contribution in [0.5, 0.6) is 0 Å². The van der Waals surface area contributed by atoms with Crippen molar-refractivity contribution in [1.82, 2.24) is 4.90 Å². The average molecular weight is 243 g/mol. The van der Waals surface area contributed by atoms with Gasteiger partial charge in [0.2, 0.25) is 0 Å². The van der Waals surface area contributed by atoms with Crippen LogP contribution in [0.3, 0.4) is 0 Å². The quantitative estimate of drug-likeness (QED) is 0.745. The molecule has 0 aromatic rings. The van der Waals surface area contributed by atoms with Gasteiger partial charge in [0.15, 0.2) is 0 Å². The topological polar surface area (TPSA) is 40.5 Å². The Morgan fingerprint density at radius 3 is 1.76 bits per heavy atom. The number of carboxylic acid groups (broad SMARTS) is 1. The minimum atomic E-state index is -0.684. The lowest BCUT2D eigenvalue weighted by Gasteiger charge is -2.41. The lowest BCUT2D eigenvalue weighted by molar-refractivity contribution is -0.153. The van der Waals surface area contributed by atoms with Crippen LogP contribution in [0.1, 0.15) is 60.3 Å². The second-order valence-corrected chi connectivity index (χ2v) is 6.25. The van der Waals surface area contributed by atoms with Gasteiger partial charge in [-0.3, -0.25) is 9.69 Å². The van der Waals surface area contributed by atoms with Crippen molar-refractivity contribution in [2.75, 3.05) is 13.6 Å². The number of carbonyl (C=O) groups is 1. The van der Waals surface area contributed by atoms with E-state index in [1.165, 1.54) is 0 Å². The lowest BCUT2D eigenvalue weighted by atomic mass is 9.84. The van der Waals surface area contributed by atoms with E-state index in [1.54, 1.807) is 0 Å². The fourth-order valence-corrected chi connectivity index (χ4v) is 2.57. The molecule has 0 saturated heterocycles. The normalized spacial score (nSPS) is 13.1. The number of likely N-dealkylation sites (N-methyl/N-ethyl adjacent to an activating group) is 1. The second kappa shape index (κ2) is 6.39. The second-order valence-electron chi connectivity index (χ2n) is 6.25. The molecule has 102 valence electrons. The molecule has 0 bridgehead atoms. The molecule has 0 aliphatic carbocycles. The van der Waals surface area contributed by atoms with Gasteiger partial charge in [0, 0.05) is 6.54 Å². The van der Waals surface area contributed by atoms with Gasteiger partial charge >= 0.3 is 5.97 Å². The molecule has 0 amide bonds. The molecule has 1 N–H and O–H groups in total. The molecule has 0 spiro atoms. The summed E-state index contributed by atoms with van der Waals surface area (Å²) < 4.78 is 0. The first-order valence-electron chi connectivity index (χ1n) is 6.64. The minimum absolute atomic E-state index is 0.122. The van der Waals surface area contributed by atoms with E-state index in [-0.39, 0.29) is 5.41 Å². The summed E-state index contributed by atoms with van der Waals surface area (Å²) in [6, 6.07) is 0. The van der Waals surface area contributed by atoms with Crippen molar-refractivity contribution >= 4 is 5.97 Å². The minimum Gasteiger partial charge on any atom is -0.480 e. The molecule has 0 saturated carbocycles. The summed E-state index contributed by atoms with van der Waals surface area (Å²) in [6.07, 6.45) is 3.26. The number of hydrogen-bond donors (Lipinski definition) is 1.